The highest BCUT2D eigenvalue weighted by Gasteiger charge is 2.22. The first-order valence-corrected chi connectivity index (χ1v) is 9.90. The predicted octanol–water partition coefficient (Wildman–Crippen LogP) is 4.24. The number of benzene rings is 2. The Balaban J connectivity index is 2.34. The van der Waals surface area contributed by atoms with E-state index in [-0.39, 0.29) is 15.5 Å². The Hall–Kier alpha value is -1.89. The Kier molecular flexibility index (Phi) is 6.11. The molecule has 0 radical (unpaired) electrons. The van der Waals surface area contributed by atoms with Crippen molar-refractivity contribution in [1.82, 2.24) is 4.31 Å². The molecule has 2 aromatic carbocycles. The van der Waals surface area contributed by atoms with E-state index in [2.05, 4.69) is 13.8 Å². The first-order valence-electron chi connectivity index (χ1n) is 8.09. The highest BCUT2D eigenvalue weighted by molar-refractivity contribution is 7.89. The van der Waals surface area contributed by atoms with Gasteiger partial charge in [-0.05, 0) is 54.3 Å². The SMILES string of the molecule is Cc1cc(OC(=O)c2cc(S(=O)(=O)N(C)C)ccc2Cl)ccc1C(C)C. The van der Waals surface area contributed by atoms with Gasteiger partial charge in [0.15, 0.2) is 0 Å². The smallest absolute Gasteiger partial charge is 0.345 e. The van der Waals surface area contributed by atoms with Gasteiger partial charge in [-0.1, -0.05) is 31.5 Å². The minimum atomic E-state index is -3.68. The van der Waals surface area contributed by atoms with Gasteiger partial charge in [-0.15, -0.1) is 0 Å². The summed E-state index contributed by atoms with van der Waals surface area (Å²) in [5.74, 6) is 0.0402. The normalized spacial score (nSPS) is 11.8. The third kappa shape index (κ3) is 4.26. The van der Waals surface area contributed by atoms with Crippen LogP contribution in [0.25, 0.3) is 0 Å². The topological polar surface area (TPSA) is 63.7 Å². The number of carbonyl (C=O) groups is 1. The summed E-state index contributed by atoms with van der Waals surface area (Å²) in [6.45, 7) is 6.12. The molecule has 0 amide bonds. The molecule has 7 heteroatoms. The van der Waals surface area contributed by atoms with Crippen LogP contribution in [0.5, 0.6) is 5.75 Å². The first-order chi connectivity index (χ1) is 12.0. The van der Waals surface area contributed by atoms with Crippen molar-refractivity contribution in [2.24, 2.45) is 0 Å². The average molecular weight is 396 g/mol. The number of sulfonamides is 1. The van der Waals surface area contributed by atoms with Crippen molar-refractivity contribution in [2.45, 2.75) is 31.6 Å². The fourth-order valence-electron chi connectivity index (χ4n) is 2.55. The average Bonchev–Trinajstić information content (AvgIpc) is 2.54. The van der Waals surface area contributed by atoms with Gasteiger partial charge in [0.2, 0.25) is 10.0 Å². The maximum Gasteiger partial charge on any atom is 0.345 e. The molecule has 0 atom stereocenters. The van der Waals surface area contributed by atoms with Crippen molar-refractivity contribution in [3.63, 3.8) is 0 Å². The second-order valence-electron chi connectivity index (χ2n) is 6.49. The molecule has 0 bridgehead atoms. The molecule has 5 nitrogen and oxygen atoms in total. The van der Waals surface area contributed by atoms with Crippen LogP contribution in [0.3, 0.4) is 0 Å². The molecule has 0 fully saturated rings. The molecule has 0 N–H and O–H groups in total. The summed E-state index contributed by atoms with van der Waals surface area (Å²) in [7, 11) is -0.842. The molecule has 0 heterocycles. The standard InChI is InChI=1S/C19H22ClNO4S/c1-12(2)16-8-6-14(10-13(16)3)25-19(22)17-11-15(7-9-18(17)20)26(23,24)21(4)5/h6-12H,1-5H3. The molecule has 140 valence electrons. The Bertz CT molecular complexity index is 937. The van der Waals surface area contributed by atoms with Crippen molar-refractivity contribution >= 4 is 27.6 Å². The van der Waals surface area contributed by atoms with Gasteiger partial charge in [-0.3, -0.25) is 0 Å². The zero-order valence-electron chi connectivity index (χ0n) is 15.4. The number of hydrogen-bond acceptors (Lipinski definition) is 4. The molecule has 0 aliphatic rings. The van der Waals surface area contributed by atoms with E-state index in [0.717, 1.165) is 9.87 Å². The highest BCUT2D eigenvalue weighted by Crippen LogP contribution is 2.26. The van der Waals surface area contributed by atoms with E-state index in [1.807, 2.05) is 13.0 Å². The van der Waals surface area contributed by atoms with Gasteiger partial charge in [-0.25, -0.2) is 17.5 Å². The van der Waals surface area contributed by atoms with Crippen LogP contribution >= 0.6 is 11.6 Å². The van der Waals surface area contributed by atoms with Gasteiger partial charge in [0.25, 0.3) is 0 Å². The molecule has 0 aliphatic carbocycles. The molecule has 0 aliphatic heterocycles. The van der Waals surface area contributed by atoms with E-state index >= 15 is 0 Å². The molecule has 0 spiro atoms. The predicted molar refractivity (Wildman–Crippen MR) is 103 cm³/mol. The lowest BCUT2D eigenvalue weighted by molar-refractivity contribution is 0.0734. The van der Waals surface area contributed by atoms with E-state index < -0.39 is 16.0 Å². The number of aryl methyl sites for hydroxylation is 1. The van der Waals surface area contributed by atoms with Crippen LogP contribution < -0.4 is 4.74 Å². The van der Waals surface area contributed by atoms with Crippen LogP contribution in [0.2, 0.25) is 5.02 Å². The molecule has 2 aromatic rings. The third-order valence-corrected chi connectivity index (χ3v) is 6.15. The Labute approximate surface area is 159 Å². The molecule has 0 unspecified atom stereocenters. The summed E-state index contributed by atoms with van der Waals surface area (Å²) in [6.07, 6.45) is 0. The van der Waals surface area contributed by atoms with Crippen LogP contribution in [-0.2, 0) is 10.0 Å². The fraction of sp³-hybridized carbons (Fsp3) is 0.316. The summed E-state index contributed by atoms with van der Waals surface area (Å²) in [4.78, 5) is 12.5. The number of hydrogen-bond donors (Lipinski definition) is 0. The van der Waals surface area contributed by atoms with E-state index in [1.165, 1.54) is 37.9 Å². The number of halogens is 1. The Morgan fingerprint density at radius 1 is 1.12 bits per heavy atom. The summed E-state index contributed by atoms with van der Waals surface area (Å²) in [6, 6.07) is 9.38. The van der Waals surface area contributed by atoms with E-state index in [1.54, 1.807) is 12.1 Å². The molecular weight excluding hydrogens is 374 g/mol. The van der Waals surface area contributed by atoms with Crippen molar-refractivity contribution < 1.29 is 17.9 Å². The van der Waals surface area contributed by atoms with E-state index in [9.17, 15) is 13.2 Å². The van der Waals surface area contributed by atoms with E-state index in [0.29, 0.717) is 11.7 Å². The molecular formula is C19H22ClNO4S. The number of rotatable bonds is 5. The number of nitrogens with zero attached hydrogens (tertiary/aromatic N) is 1. The third-order valence-electron chi connectivity index (χ3n) is 4.01. The van der Waals surface area contributed by atoms with Gasteiger partial charge < -0.3 is 4.74 Å². The maximum atomic E-state index is 12.5. The highest BCUT2D eigenvalue weighted by atomic mass is 35.5. The van der Waals surface area contributed by atoms with Crippen molar-refractivity contribution in [3.8, 4) is 5.75 Å². The lowest BCUT2D eigenvalue weighted by Gasteiger charge is -2.14. The minimum Gasteiger partial charge on any atom is -0.423 e. The maximum absolute atomic E-state index is 12.5. The fourth-order valence-corrected chi connectivity index (χ4v) is 3.68. The van der Waals surface area contributed by atoms with Gasteiger partial charge in [0.05, 0.1) is 15.5 Å². The molecule has 0 aromatic heterocycles. The van der Waals surface area contributed by atoms with Crippen molar-refractivity contribution in [1.29, 1.82) is 0 Å². The Morgan fingerprint density at radius 2 is 1.77 bits per heavy atom. The molecule has 0 saturated carbocycles. The Morgan fingerprint density at radius 3 is 2.31 bits per heavy atom. The molecule has 0 saturated heterocycles. The van der Waals surface area contributed by atoms with Gasteiger partial charge >= 0.3 is 5.97 Å². The summed E-state index contributed by atoms with van der Waals surface area (Å²) in [5, 5.41) is 0.128. The second-order valence-corrected chi connectivity index (χ2v) is 9.05. The van der Waals surface area contributed by atoms with Crippen LogP contribution in [0.1, 0.15) is 41.3 Å². The van der Waals surface area contributed by atoms with Gasteiger partial charge in [-0.2, -0.15) is 0 Å². The summed E-state index contributed by atoms with van der Waals surface area (Å²) < 4.78 is 31.0. The van der Waals surface area contributed by atoms with Crippen LogP contribution in [-0.4, -0.2) is 32.8 Å². The molecule has 2 rings (SSSR count). The van der Waals surface area contributed by atoms with Crippen molar-refractivity contribution in [3.05, 3.63) is 58.1 Å². The largest absolute Gasteiger partial charge is 0.423 e. The number of carbonyl (C=O) groups excluding carboxylic acids is 1. The zero-order valence-corrected chi connectivity index (χ0v) is 17.0. The van der Waals surface area contributed by atoms with Gasteiger partial charge in [0.1, 0.15) is 5.75 Å². The monoisotopic (exact) mass is 395 g/mol. The summed E-state index contributed by atoms with van der Waals surface area (Å²) in [5.41, 5.74) is 2.18. The van der Waals surface area contributed by atoms with Gasteiger partial charge in [0, 0.05) is 14.1 Å². The van der Waals surface area contributed by atoms with Crippen molar-refractivity contribution in [2.75, 3.05) is 14.1 Å². The first kappa shape index (κ1) is 20.4. The van der Waals surface area contributed by atoms with Crippen LogP contribution in [0, 0.1) is 6.92 Å². The lowest BCUT2D eigenvalue weighted by atomic mass is 9.98. The second kappa shape index (κ2) is 7.78. The zero-order chi connectivity index (χ0) is 19.6. The number of esters is 1. The number of ether oxygens (including phenoxy) is 1. The van der Waals surface area contributed by atoms with Crippen LogP contribution in [0.4, 0.5) is 0 Å². The lowest BCUT2D eigenvalue weighted by Crippen LogP contribution is -2.22. The molecule has 26 heavy (non-hydrogen) atoms. The van der Waals surface area contributed by atoms with E-state index in [4.69, 9.17) is 16.3 Å². The quantitative estimate of drug-likeness (QED) is 0.561. The van der Waals surface area contributed by atoms with Crippen LogP contribution in [0.15, 0.2) is 41.3 Å². The minimum absolute atomic E-state index is 0.000167. The summed E-state index contributed by atoms with van der Waals surface area (Å²) >= 11 is 6.08.